The molecule has 1 aliphatic heterocycles. The summed E-state index contributed by atoms with van der Waals surface area (Å²) >= 11 is 0. The molecule has 0 amide bonds. The fourth-order valence-corrected chi connectivity index (χ4v) is 3.47. The molecule has 0 aromatic heterocycles. The van der Waals surface area contributed by atoms with Crippen molar-refractivity contribution in [3.05, 3.63) is 59.2 Å². The van der Waals surface area contributed by atoms with Gasteiger partial charge in [-0.05, 0) is 55.5 Å². The number of benzene rings is 2. The van der Waals surface area contributed by atoms with Crippen molar-refractivity contribution in [3.8, 4) is 6.07 Å². The maximum absolute atomic E-state index is 9.68. The molecule has 2 N–H and O–H groups in total. The minimum atomic E-state index is -0.210. The molecule has 1 saturated heterocycles. The second-order valence-corrected chi connectivity index (χ2v) is 7.02. The third kappa shape index (κ3) is 4.17. The number of aryl methyl sites for hydroxylation is 1. The molecule has 0 radical (unpaired) electrons. The number of hydrogen-bond donors (Lipinski definition) is 2. The number of nitrogens with zero attached hydrogens (tertiary/aromatic N) is 2. The zero-order valence-corrected chi connectivity index (χ0v) is 15.6. The average Bonchev–Trinajstić information content (AvgIpc) is 2.68. The van der Waals surface area contributed by atoms with Crippen LogP contribution in [0, 0.1) is 11.3 Å². The fourth-order valence-electron chi connectivity index (χ4n) is 3.47. The summed E-state index contributed by atoms with van der Waals surface area (Å²) in [5.41, 5.74) is 5.16. The molecule has 4 heteroatoms. The standard InChI is InChI=1S/C22H27N3O/c1-3-17-4-6-18(7-5-17)16(2)24-20-8-9-22(19(14-20)15-23)25-12-10-21(26)11-13-25/h4-9,14,16,21,24,26H,3,10-13H2,1-2H3. The Morgan fingerprint density at radius 2 is 1.88 bits per heavy atom. The SMILES string of the molecule is CCc1ccc(C(C)Nc2ccc(N3CCC(O)CC3)c(C#N)c2)cc1. The quantitative estimate of drug-likeness (QED) is 0.847. The van der Waals surface area contributed by atoms with Gasteiger partial charge in [-0.1, -0.05) is 31.2 Å². The molecule has 4 nitrogen and oxygen atoms in total. The van der Waals surface area contributed by atoms with Crippen molar-refractivity contribution in [3.63, 3.8) is 0 Å². The number of anilines is 2. The number of aliphatic hydroxyl groups is 1. The van der Waals surface area contributed by atoms with Gasteiger partial charge in [-0.25, -0.2) is 0 Å². The van der Waals surface area contributed by atoms with Gasteiger partial charge >= 0.3 is 0 Å². The Morgan fingerprint density at radius 3 is 2.50 bits per heavy atom. The van der Waals surface area contributed by atoms with Gasteiger partial charge < -0.3 is 15.3 Å². The Bertz CT molecular complexity index is 771. The van der Waals surface area contributed by atoms with E-state index in [1.165, 1.54) is 11.1 Å². The van der Waals surface area contributed by atoms with E-state index in [-0.39, 0.29) is 12.1 Å². The van der Waals surface area contributed by atoms with Crippen molar-refractivity contribution in [2.24, 2.45) is 0 Å². The summed E-state index contributed by atoms with van der Waals surface area (Å²) in [5.74, 6) is 0. The Hall–Kier alpha value is -2.51. The molecule has 0 saturated carbocycles. The van der Waals surface area contributed by atoms with Crippen LogP contribution in [0.25, 0.3) is 0 Å². The molecular formula is C22H27N3O. The first kappa shape index (κ1) is 18.3. The number of nitrogens with one attached hydrogen (secondary N) is 1. The van der Waals surface area contributed by atoms with Crippen LogP contribution in [-0.4, -0.2) is 24.3 Å². The predicted molar refractivity (Wildman–Crippen MR) is 106 cm³/mol. The van der Waals surface area contributed by atoms with E-state index in [2.05, 4.69) is 54.4 Å². The predicted octanol–water partition coefficient (Wildman–Crippen LogP) is 4.25. The van der Waals surface area contributed by atoms with Gasteiger partial charge in [-0.2, -0.15) is 5.26 Å². The van der Waals surface area contributed by atoms with Gasteiger partial charge in [0.05, 0.1) is 17.4 Å². The number of rotatable bonds is 5. The summed E-state index contributed by atoms with van der Waals surface area (Å²) in [6.07, 6.45) is 2.35. The molecule has 2 aromatic rings. The highest BCUT2D eigenvalue weighted by molar-refractivity contribution is 5.66. The smallest absolute Gasteiger partial charge is 0.101 e. The van der Waals surface area contributed by atoms with Gasteiger partial charge in [0.2, 0.25) is 0 Å². The average molecular weight is 349 g/mol. The molecule has 0 bridgehead atoms. The highest BCUT2D eigenvalue weighted by atomic mass is 16.3. The number of hydrogen-bond acceptors (Lipinski definition) is 4. The lowest BCUT2D eigenvalue weighted by atomic mass is 10.0. The van der Waals surface area contributed by atoms with E-state index in [4.69, 9.17) is 0 Å². The first-order chi connectivity index (χ1) is 12.6. The summed E-state index contributed by atoms with van der Waals surface area (Å²) in [4.78, 5) is 2.20. The van der Waals surface area contributed by atoms with E-state index in [9.17, 15) is 10.4 Å². The van der Waals surface area contributed by atoms with Crippen molar-refractivity contribution in [1.29, 1.82) is 5.26 Å². The zero-order valence-electron chi connectivity index (χ0n) is 15.6. The Kier molecular flexibility index (Phi) is 5.80. The van der Waals surface area contributed by atoms with Crippen molar-refractivity contribution >= 4 is 11.4 Å². The summed E-state index contributed by atoms with van der Waals surface area (Å²) in [5, 5.41) is 22.8. The minimum absolute atomic E-state index is 0.170. The van der Waals surface area contributed by atoms with Crippen LogP contribution in [0.3, 0.4) is 0 Å². The molecule has 26 heavy (non-hydrogen) atoms. The number of aliphatic hydroxyl groups excluding tert-OH is 1. The van der Waals surface area contributed by atoms with Crippen LogP contribution < -0.4 is 10.2 Å². The van der Waals surface area contributed by atoms with E-state index < -0.39 is 0 Å². The summed E-state index contributed by atoms with van der Waals surface area (Å²) < 4.78 is 0. The highest BCUT2D eigenvalue weighted by Crippen LogP contribution is 2.28. The first-order valence-corrected chi connectivity index (χ1v) is 9.43. The fraction of sp³-hybridized carbons (Fsp3) is 0.409. The molecule has 1 unspecified atom stereocenters. The van der Waals surface area contributed by atoms with Gasteiger partial charge in [0.25, 0.3) is 0 Å². The number of nitriles is 1. The van der Waals surface area contributed by atoms with Crippen LogP contribution >= 0.6 is 0 Å². The van der Waals surface area contributed by atoms with Crippen LogP contribution in [0.15, 0.2) is 42.5 Å². The zero-order chi connectivity index (χ0) is 18.5. The second kappa shape index (κ2) is 8.25. The van der Waals surface area contributed by atoms with E-state index in [1.54, 1.807) is 0 Å². The molecule has 0 spiro atoms. The van der Waals surface area contributed by atoms with Crippen molar-refractivity contribution in [2.45, 2.75) is 45.3 Å². The van der Waals surface area contributed by atoms with Gasteiger partial charge in [-0.3, -0.25) is 0 Å². The van der Waals surface area contributed by atoms with Gasteiger partial charge in [0, 0.05) is 24.8 Å². The normalized spacial score (nSPS) is 16.2. The highest BCUT2D eigenvalue weighted by Gasteiger charge is 2.19. The summed E-state index contributed by atoms with van der Waals surface area (Å²) in [6, 6.07) is 17.1. The van der Waals surface area contributed by atoms with Gasteiger partial charge in [-0.15, -0.1) is 0 Å². The lowest BCUT2D eigenvalue weighted by molar-refractivity contribution is 0.145. The molecule has 0 aliphatic carbocycles. The van der Waals surface area contributed by atoms with Crippen LogP contribution in [0.5, 0.6) is 0 Å². The van der Waals surface area contributed by atoms with Crippen LogP contribution in [0.2, 0.25) is 0 Å². The third-order valence-electron chi connectivity index (χ3n) is 5.19. The van der Waals surface area contributed by atoms with Crippen LogP contribution in [0.1, 0.15) is 49.4 Å². The molecule has 136 valence electrons. The van der Waals surface area contributed by atoms with E-state index >= 15 is 0 Å². The van der Waals surface area contributed by atoms with E-state index in [0.717, 1.165) is 43.7 Å². The second-order valence-electron chi connectivity index (χ2n) is 7.02. The molecular weight excluding hydrogens is 322 g/mol. The maximum atomic E-state index is 9.68. The molecule has 2 aromatic carbocycles. The monoisotopic (exact) mass is 349 g/mol. The minimum Gasteiger partial charge on any atom is -0.393 e. The molecule has 1 aliphatic rings. The lowest BCUT2D eigenvalue weighted by Gasteiger charge is -2.32. The first-order valence-electron chi connectivity index (χ1n) is 9.43. The Morgan fingerprint density at radius 1 is 1.19 bits per heavy atom. The van der Waals surface area contributed by atoms with Crippen molar-refractivity contribution in [1.82, 2.24) is 0 Å². The van der Waals surface area contributed by atoms with Gasteiger partial charge in [0.15, 0.2) is 0 Å². The Balaban J connectivity index is 1.73. The van der Waals surface area contributed by atoms with E-state index in [1.807, 2.05) is 18.2 Å². The lowest BCUT2D eigenvalue weighted by Crippen LogP contribution is -2.36. The summed E-state index contributed by atoms with van der Waals surface area (Å²) in [6.45, 7) is 5.88. The van der Waals surface area contributed by atoms with Crippen molar-refractivity contribution in [2.75, 3.05) is 23.3 Å². The Labute approximate surface area is 156 Å². The molecule has 1 heterocycles. The largest absolute Gasteiger partial charge is 0.393 e. The molecule has 1 atom stereocenters. The molecule has 3 rings (SSSR count). The van der Waals surface area contributed by atoms with E-state index in [0.29, 0.717) is 5.56 Å². The maximum Gasteiger partial charge on any atom is 0.101 e. The topological polar surface area (TPSA) is 59.3 Å². The van der Waals surface area contributed by atoms with Crippen LogP contribution in [0.4, 0.5) is 11.4 Å². The van der Waals surface area contributed by atoms with Gasteiger partial charge in [0.1, 0.15) is 6.07 Å². The van der Waals surface area contributed by atoms with Crippen LogP contribution in [-0.2, 0) is 6.42 Å². The third-order valence-corrected chi connectivity index (χ3v) is 5.19. The molecule has 1 fully saturated rings. The number of piperidine rings is 1. The van der Waals surface area contributed by atoms with Crippen molar-refractivity contribution < 1.29 is 5.11 Å². The summed E-state index contributed by atoms with van der Waals surface area (Å²) in [7, 11) is 0.